The molecule has 330 valence electrons. The molecule has 0 unspecified atom stereocenters. The van der Waals surface area contributed by atoms with Gasteiger partial charge in [-0.2, -0.15) is 0 Å². The van der Waals surface area contributed by atoms with Crippen molar-refractivity contribution in [3.63, 3.8) is 0 Å². The van der Waals surface area contributed by atoms with Crippen LogP contribution in [0.1, 0.15) is 105 Å². The maximum absolute atomic E-state index is 12.9. The summed E-state index contributed by atoms with van der Waals surface area (Å²) in [4.78, 5) is 52.2. The van der Waals surface area contributed by atoms with Gasteiger partial charge in [0.2, 0.25) is 0 Å². The van der Waals surface area contributed by atoms with Gasteiger partial charge in [-0.3, -0.25) is 19.7 Å². The minimum Gasteiger partial charge on any atom is -0.478 e. The van der Waals surface area contributed by atoms with Gasteiger partial charge in [0.25, 0.3) is 5.91 Å². The minimum atomic E-state index is -1.09. The molecule has 0 radical (unpaired) electrons. The molecule has 13 nitrogen and oxygen atoms in total. The van der Waals surface area contributed by atoms with Crippen LogP contribution in [0, 0.1) is 27.7 Å². The zero-order chi connectivity index (χ0) is 44.6. The number of methoxy groups -OCH3 is 1. The number of benzene rings is 3. The molecule has 7 rings (SSSR count). The molecule has 3 aromatic carbocycles. The molecule has 0 spiro atoms. The molecule has 7 aromatic rings. The van der Waals surface area contributed by atoms with Gasteiger partial charge >= 0.3 is 11.9 Å². The molecule has 0 aliphatic carbocycles. The number of halogens is 1. The highest BCUT2D eigenvalue weighted by Crippen LogP contribution is 2.31. The number of carboxylic acid groups (broad SMARTS) is 1. The Morgan fingerprint density at radius 3 is 2.17 bits per heavy atom. The molecule has 4 heterocycles. The fraction of sp³-hybridized carbons (Fsp3) is 0.245. The van der Waals surface area contributed by atoms with Crippen molar-refractivity contribution in [3.05, 3.63) is 164 Å². The van der Waals surface area contributed by atoms with E-state index in [2.05, 4.69) is 25.3 Å². The molecule has 0 fully saturated rings. The molecule has 0 atom stereocenters. The van der Waals surface area contributed by atoms with E-state index in [4.69, 9.17) is 32.9 Å². The van der Waals surface area contributed by atoms with Crippen molar-refractivity contribution in [1.82, 2.24) is 25.3 Å². The number of aryl methyl sites for hydroxylation is 4. The number of nitrogens with two attached hydrogens (primary N) is 2. The van der Waals surface area contributed by atoms with E-state index in [0.29, 0.717) is 57.2 Å². The van der Waals surface area contributed by atoms with E-state index in [1.165, 1.54) is 7.11 Å². The van der Waals surface area contributed by atoms with E-state index in [0.717, 1.165) is 50.0 Å². The lowest BCUT2D eigenvalue weighted by molar-refractivity contribution is 0.0601. The fourth-order valence-corrected chi connectivity index (χ4v) is 6.83. The van der Waals surface area contributed by atoms with Crippen molar-refractivity contribution in [2.24, 2.45) is 0 Å². The summed E-state index contributed by atoms with van der Waals surface area (Å²) in [5.41, 5.74) is 20.1. The maximum atomic E-state index is 12.9. The molecule has 1 amide bonds. The quantitative estimate of drug-likeness (QED) is 0.0713. The standard InChI is InChI=1S/C27H28ClN5O2.C12H11NO2.C8H9NO2.2CH4/c1-15-7-24(29)33-16(2)22(15)14-32-26(34)18-5-6-30-21(12-18)9-17-8-19-11-20(28)13-31-25(19)23(10-17)27(3,4)35;1-8-6-9-4-3-5-13-11(9)10(7-8)12(14)15-2;1-5-2-3-7(9)6(4-5)8(10)11;;/h5-8,10-13,35H,9,14H2,1-4H3,(H2,29,33)(H,32,34);3-7H,1-2H3;2-4H,9H2,1H3,(H,10,11);2*1H4. The number of pyridine rings is 4. The van der Waals surface area contributed by atoms with E-state index in [9.17, 15) is 19.5 Å². The van der Waals surface area contributed by atoms with Crippen LogP contribution in [0.4, 0.5) is 11.5 Å². The van der Waals surface area contributed by atoms with Crippen molar-refractivity contribution in [2.75, 3.05) is 18.6 Å². The first-order valence-electron chi connectivity index (χ1n) is 19.1. The van der Waals surface area contributed by atoms with Crippen LogP contribution in [0.2, 0.25) is 5.02 Å². The molecule has 0 aliphatic rings. The molecule has 0 saturated heterocycles. The van der Waals surface area contributed by atoms with E-state index in [-0.39, 0.29) is 32.3 Å². The minimum absolute atomic E-state index is 0. The van der Waals surface area contributed by atoms with E-state index in [1.807, 2.05) is 64.1 Å². The Balaban J connectivity index is 0.000000309. The molecule has 14 heteroatoms. The third-order valence-corrected chi connectivity index (χ3v) is 9.83. The molecule has 0 bridgehead atoms. The second kappa shape index (κ2) is 21.7. The van der Waals surface area contributed by atoms with Crippen LogP contribution < -0.4 is 16.8 Å². The Bertz CT molecular complexity index is 2750. The number of rotatable bonds is 8. The molecule has 0 saturated carbocycles. The number of aromatic carboxylic acids is 1. The first-order chi connectivity index (χ1) is 28.8. The third-order valence-electron chi connectivity index (χ3n) is 9.63. The number of anilines is 2. The number of ether oxygens (including phenoxy) is 1. The number of nitrogen functional groups attached to an aromatic ring is 2. The van der Waals surface area contributed by atoms with Crippen molar-refractivity contribution >= 4 is 62.8 Å². The Morgan fingerprint density at radius 2 is 1.52 bits per heavy atom. The Kier molecular flexibility index (Phi) is 17.4. The highest BCUT2D eigenvalue weighted by atomic mass is 35.5. The number of carbonyl (C=O) groups is 3. The van der Waals surface area contributed by atoms with Crippen molar-refractivity contribution < 1.29 is 29.3 Å². The van der Waals surface area contributed by atoms with Crippen molar-refractivity contribution in [2.45, 2.75) is 75.0 Å². The van der Waals surface area contributed by atoms with Crippen LogP contribution >= 0.6 is 11.6 Å². The molecular formula is C49H56ClN7O6. The predicted octanol–water partition coefficient (Wildman–Crippen LogP) is 9.50. The maximum Gasteiger partial charge on any atom is 0.340 e. The van der Waals surface area contributed by atoms with Crippen LogP contribution in [0.15, 0.2) is 97.5 Å². The second-order valence-electron chi connectivity index (χ2n) is 15.0. The normalized spacial score (nSPS) is 10.6. The summed E-state index contributed by atoms with van der Waals surface area (Å²) in [5.74, 6) is -1.06. The molecule has 0 aliphatic heterocycles. The molecule has 63 heavy (non-hydrogen) atoms. The number of nitrogens with one attached hydrogen (secondary N) is 1. The van der Waals surface area contributed by atoms with Gasteiger partial charge in [-0.1, -0.05) is 50.2 Å². The number of hydrogen-bond acceptors (Lipinski definition) is 11. The average Bonchev–Trinajstić information content (AvgIpc) is 3.20. The topological polar surface area (TPSA) is 217 Å². The van der Waals surface area contributed by atoms with Crippen LogP contribution in [0.3, 0.4) is 0 Å². The SMILES string of the molecule is C.C.COC(=O)c1cc(C)cc2cccnc12.Cc1cc(N)nc(C)c1CNC(=O)c1ccnc(Cc2cc(C(C)(C)O)c3ncc(Cl)cc3c2)c1.Cc1ccc(N)c(C(=O)O)c1. The van der Waals surface area contributed by atoms with Gasteiger partial charge in [0.15, 0.2) is 0 Å². The lowest BCUT2D eigenvalue weighted by Crippen LogP contribution is -2.24. The summed E-state index contributed by atoms with van der Waals surface area (Å²) in [6.07, 6.45) is 5.35. The van der Waals surface area contributed by atoms with Crippen LogP contribution in [0.25, 0.3) is 21.8 Å². The van der Waals surface area contributed by atoms with Gasteiger partial charge in [-0.15, -0.1) is 0 Å². The number of fused-ring (bicyclic) bond motifs is 2. The summed E-state index contributed by atoms with van der Waals surface area (Å²) in [6.45, 7) is 11.4. The monoisotopic (exact) mass is 873 g/mol. The van der Waals surface area contributed by atoms with E-state index < -0.39 is 11.6 Å². The van der Waals surface area contributed by atoms with Crippen molar-refractivity contribution in [1.29, 1.82) is 0 Å². The number of carboxylic acids is 1. The highest BCUT2D eigenvalue weighted by molar-refractivity contribution is 6.31. The zero-order valence-corrected chi connectivity index (χ0v) is 35.8. The average molecular weight is 874 g/mol. The number of carbonyl (C=O) groups excluding carboxylic acids is 2. The second-order valence-corrected chi connectivity index (χ2v) is 15.5. The van der Waals surface area contributed by atoms with Crippen molar-refractivity contribution in [3.8, 4) is 0 Å². The van der Waals surface area contributed by atoms with Gasteiger partial charge in [0.1, 0.15) is 5.82 Å². The predicted molar refractivity (Wildman–Crippen MR) is 252 cm³/mol. The molecule has 7 N–H and O–H groups in total. The molecule has 4 aromatic heterocycles. The number of aliphatic hydroxyl groups is 1. The van der Waals surface area contributed by atoms with Gasteiger partial charge in [-0.25, -0.2) is 14.6 Å². The highest BCUT2D eigenvalue weighted by Gasteiger charge is 2.22. The summed E-state index contributed by atoms with van der Waals surface area (Å²) in [7, 11) is 1.37. The van der Waals surface area contributed by atoms with Gasteiger partial charge in [0, 0.05) is 70.5 Å². The Hall–Kier alpha value is -6.96. The van der Waals surface area contributed by atoms with Crippen LogP contribution in [-0.2, 0) is 23.3 Å². The Morgan fingerprint density at radius 1 is 0.810 bits per heavy atom. The summed E-state index contributed by atoms with van der Waals surface area (Å²) < 4.78 is 4.72. The van der Waals surface area contributed by atoms with Crippen LogP contribution in [0.5, 0.6) is 0 Å². The number of amides is 1. The lowest BCUT2D eigenvalue weighted by Gasteiger charge is -2.21. The van der Waals surface area contributed by atoms with E-state index >= 15 is 0 Å². The number of aromatic nitrogens is 4. The first kappa shape index (κ1) is 50.4. The van der Waals surface area contributed by atoms with Gasteiger partial charge < -0.3 is 31.7 Å². The largest absolute Gasteiger partial charge is 0.478 e. The number of hydrogen-bond donors (Lipinski definition) is 5. The first-order valence-corrected chi connectivity index (χ1v) is 19.5. The Labute approximate surface area is 373 Å². The number of nitrogens with zero attached hydrogens (tertiary/aromatic N) is 4. The lowest BCUT2D eigenvalue weighted by atomic mass is 9.92. The number of esters is 1. The summed E-state index contributed by atoms with van der Waals surface area (Å²) in [5, 5.41) is 24.6. The smallest absolute Gasteiger partial charge is 0.340 e. The van der Waals surface area contributed by atoms with E-state index in [1.54, 1.807) is 74.9 Å². The van der Waals surface area contributed by atoms with Crippen LogP contribution in [-0.4, -0.2) is 55.1 Å². The van der Waals surface area contributed by atoms with Gasteiger partial charge in [0.05, 0.1) is 39.9 Å². The van der Waals surface area contributed by atoms with Gasteiger partial charge in [-0.05, 0) is 124 Å². The molecular weight excluding hydrogens is 818 g/mol. The summed E-state index contributed by atoms with van der Waals surface area (Å²) >= 11 is 6.16. The summed E-state index contributed by atoms with van der Waals surface area (Å²) in [6, 6.07) is 23.5. The fourth-order valence-electron chi connectivity index (χ4n) is 6.67. The zero-order valence-electron chi connectivity index (χ0n) is 35.0. The third kappa shape index (κ3) is 13.0.